The molecule has 24 heavy (non-hydrogen) atoms. The number of piperidine rings is 2. The highest BCUT2D eigenvalue weighted by Gasteiger charge is 2.40. The Morgan fingerprint density at radius 2 is 2.21 bits per heavy atom. The number of nitrogens with zero attached hydrogens (tertiary/aromatic N) is 2. The van der Waals surface area contributed by atoms with E-state index in [0.29, 0.717) is 25.4 Å². The van der Waals surface area contributed by atoms with Gasteiger partial charge in [0.25, 0.3) is 0 Å². The van der Waals surface area contributed by atoms with Gasteiger partial charge in [-0.2, -0.15) is 0 Å². The number of carbonyl (C=O) groups excluding carboxylic acids is 2. The Hall–Kier alpha value is -1.82. The first kappa shape index (κ1) is 17.0. The average molecular weight is 334 g/mol. The zero-order valence-electron chi connectivity index (χ0n) is 14.5. The number of aryl methyl sites for hydroxylation is 1. The maximum atomic E-state index is 12.4. The molecule has 2 fully saturated rings. The number of hydrogen-bond acceptors (Lipinski definition) is 4. The molecular formula is C18H26N2O4. The molecule has 132 valence electrons. The molecule has 6 heteroatoms. The van der Waals surface area contributed by atoms with Crippen LogP contribution >= 0.6 is 0 Å². The molecule has 0 bridgehead atoms. The highest BCUT2D eigenvalue weighted by molar-refractivity contribution is 5.79. The van der Waals surface area contributed by atoms with E-state index >= 15 is 0 Å². The molecule has 2 aliphatic rings. The van der Waals surface area contributed by atoms with Gasteiger partial charge in [0.05, 0.1) is 0 Å². The lowest BCUT2D eigenvalue weighted by Gasteiger charge is -2.47. The first-order valence-corrected chi connectivity index (χ1v) is 8.70. The molecule has 1 aromatic rings. The third-order valence-electron chi connectivity index (χ3n) is 5.16. The quantitative estimate of drug-likeness (QED) is 0.821. The minimum absolute atomic E-state index is 0.0467. The van der Waals surface area contributed by atoms with Crippen LogP contribution in [-0.4, -0.2) is 61.0 Å². The highest BCUT2D eigenvalue weighted by atomic mass is 16.5. The Balaban J connectivity index is 1.61. The molecule has 0 N–H and O–H groups in total. The summed E-state index contributed by atoms with van der Waals surface area (Å²) in [4.78, 5) is 28.3. The topological polar surface area (TPSA) is 63.0 Å². The normalized spacial score (nSPS) is 24.2. The molecule has 0 aromatic carbocycles. The van der Waals surface area contributed by atoms with Crippen LogP contribution in [-0.2, 0) is 20.7 Å². The van der Waals surface area contributed by atoms with Crippen molar-refractivity contribution in [3.05, 3.63) is 23.7 Å². The largest absolute Gasteiger partial charge is 0.466 e. The van der Waals surface area contributed by atoms with E-state index in [-0.39, 0.29) is 24.5 Å². The Bertz CT molecular complexity index is 598. The van der Waals surface area contributed by atoms with Crippen LogP contribution < -0.4 is 0 Å². The van der Waals surface area contributed by atoms with Crippen molar-refractivity contribution in [3.63, 3.8) is 0 Å². The number of fused-ring (bicyclic) bond motifs is 1. The molecule has 2 aliphatic heterocycles. The predicted octanol–water partition coefficient (Wildman–Crippen LogP) is 1.62. The minimum atomic E-state index is 0.0467. The van der Waals surface area contributed by atoms with E-state index in [2.05, 4.69) is 0 Å². The molecule has 3 heterocycles. The van der Waals surface area contributed by atoms with Crippen molar-refractivity contribution in [2.24, 2.45) is 5.92 Å². The number of furan rings is 1. The van der Waals surface area contributed by atoms with Crippen molar-refractivity contribution in [2.45, 2.75) is 38.6 Å². The van der Waals surface area contributed by atoms with Gasteiger partial charge in [-0.3, -0.25) is 9.59 Å². The third-order valence-corrected chi connectivity index (χ3v) is 5.16. The van der Waals surface area contributed by atoms with Crippen molar-refractivity contribution in [1.29, 1.82) is 0 Å². The van der Waals surface area contributed by atoms with Gasteiger partial charge < -0.3 is 19.0 Å². The van der Waals surface area contributed by atoms with Crippen molar-refractivity contribution < 1.29 is 18.7 Å². The Morgan fingerprint density at radius 3 is 2.92 bits per heavy atom. The molecule has 0 unspecified atom stereocenters. The van der Waals surface area contributed by atoms with E-state index in [4.69, 9.17) is 9.15 Å². The fourth-order valence-electron chi connectivity index (χ4n) is 3.93. The molecule has 0 radical (unpaired) electrons. The zero-order chi connectivity index (χ0) is 17.1. The summed E-state index contributed by atoms with van der Waals surface area (Å²) in [6.45, 7) is 4.19. The number of methoxy groups -OCH3 is 1. The molecule has 3 rings (SSSR count). The van der Waals surface area contributed by atoms with Crippen LogP contribution in [0.5, 0.6) is 0 Å². The van der Waals surface area contributed by atoms with Gasteiger partial charge in [-0.05, 0) is 37.8 Å². The first-order valence-electron chi connectivity index (χ1n) is 8.70. The van der Waals surface area contributed by atoms with Gasteiger partial charge in [-0.15, -0.1) is 0 Å². The first-order chi connectivity index (χ1) is 11.6. The van der Waals surface area contributed by atoms with Gasteiger partial charge in [-0.1, -0.05) is 0 Å². The summed E-state index contributed by atoms with van der Waals surface area (Å²) in [6.07, 6.45) is 3.04. The number of amides is 2. The van der Waals surface area contributed by atoms with E-state index in [1.807, 2.05) is 28.9 Å². The molecule has 6 nitrogen and oxygen atoms in total. The number of likely N-dealkylation sites (tertiary alicyclic amines) is 2. The molecule has 0 aliphatic carbocycles. The van der Waals surface area contributed by atoms with E-state index in [1.165, 1.54) is 0 Å². The number of rotatable bonds is 5. The summed E-state index contributed by atoms with van der Waals surface area (Å²) in [5.74, 6) is 2.48. The summed E-state index contributed by atoms with van der Waals surface area (Å²) < 4.78 is 10.6. The van der Waals surface area contributed by atoms with Gasteiger partial charge in [0.2, 0.25) is 11.8 Å². The van der Waals surface area contributed by atoms with Gasteiger partial charge in [0.1, 0.15) is 18.1 Å². The summed E-state index contributed by atoms with van der Waals surface area (Å²) in [5.41, 5.74) is 0. The summed E-state index contributed by atoms with van der Waals surface area (Å²) in [6, 6.07) is 4.18. The number of ether oxygens (including phenoxy) is 1. The van der Waals surface area contributed by atoms with Gasteiger partial charge in [-0.25, -0.2) is 0 Å². The molecule has 2 saturated heterocycles. The van der Waals surface area contributed by atoms with E-state index in [0.717, 1.165) is 37.3 Å². The van der Waals surface area contributed by atoms with Crippen LogP contribution in [0.3, 0.4) is 0 Å². The lowest BCUT2D eigenvalue weighted by atomic mass is 9.83. The van der Waals surface area contributed by atoms with Gasteiger partial charge in [0, 0.05) is 45.6 Å². The number of hydrogen-bond donors (Lipinski definition) is 0. The van der Waals surface area contributed by atoms with Gasteiger partial charge >= 0.3 is 0 Å². The second-order valence-corrected chi connectivity index (χ2v) is 6.78. The van der Waals surface area contributed by atoms with Crippen molar-refractivity contribution in [3.8, 4) is 0 Å². The number of carbonyl (C=O) groups is 2. The average Bonchev–Trinajstić information content (AvgIpc) is 2.99. The smallest absolute Gasteiger partial charge is 0.248 e. The second kappa shape index (κ2) is 7.38. The van der Waals surface area contributed by atoms with Crippen LogP contribution in [0.1, 0.15) is 30.8 Å². The van der Waals surface area contributed by atoms with E-state index in [1.54, 1.807) is 7.11 Å². The fraction of sp³-hybridized carbons (Fsp3) is 0.667. The van der Waals surface area contributed by atoms with Crippen molar-refractivity contribution in [2.75, 3.05) is 33.4 Å². The fourth-order valence-corrected chi connectivity index (χ4v) is 3.93. The lowest BCUT2D eigenvalue weighted by Crippen LogP contribution is -2.57. The summed E-state index contributed by atoms with van der Waals surface area (Å²) in [5, 5.41) is 0. The molecule has 2 atom stereocenters. The third kappa shape index (κ3) is 3.64. The standard InChI is InChI=1S/C18H26N2O4/c1-13-3-5-15(24-13)7-10-20-16-8-9-19(18(22)12-23-2)11-14(16)4-6-17(20)21/h3,5,14,16H,4,6-12H2,1-2H3/t14-,16+/m0/s1. The summed E-state index contributed by atoms with van der Waals surface area (Å²) >= 11 is 0. The van der Waals surface area contributed by atoms with Crippen molar-refractivity contribution >= 4 is 11.8 Å². The summed E-state index contributed by atoms with van der Waals surface area (Å²) in [7, 11) is 1.54. The van der Waals surface area contributed by atoms with Crippen LogP contribution in [0.4, 0.5) is 0 Å². The Kier molecular flexibility index (Phi) is 5.23. The minimum Gasteiger partial charge on any atom is -0.466 e. The zero-order valence-corrected chi connectivity index (χ0v) is 14.5. The monoisotopic (exact) mass is 334 g/mol. The molecular weight excluding hydrogens is 308 g/mol. The SMILES string of the molecule is COCC(=O)N1CC[C@@H]2[C@@H](CCC(=O)N2CCc2ccc(C)o2)C1. The van der Waals surface area contributed by atoms with Crippen LogP contribution in [0, 0.1) is 12.8 Å². The maximum Gasteiger partial charge on any atom is 0.248 e. The van der Waals surface area contributed by atoms with Crippen LogP contribution in [0.25, 0.3) is 0 Å². The van der Waals surface area contributed by atoms with Gasteiger partial charge in [0.15, 0.2) is 0 Å². The van der Waals surface area contributed by atoms with E-state index < -0.39 is 0 Å². The second-order valence-electron chi connectivity index (χ2n) is 6.78. The molecule has 2 amide bonds. The van der Waals surface area contributed by atoms with Crippen LogP contribution in [0.2, 0.25) is 0 Å². The molecule has 0 spiro atoms. The Labute approximate surface area is 142 Å². The van der Waals surface area contributed by atoms with Crippen molar-refractivity contribution in [1.82, 2.24) is 9.80 Å². The lowest BCUT2D eigenvalue weighted by molar-refractivity contribution is -0.145. The molecule has 1 aromatic heterocycles. The molecule has 0 saturated carbocycles. The van der Waals surface area contributed by atoms with E-state index in [9.17, 15) is 9.59 Å². The Morgan fingerprint density at radius 1 is 1.38 bits per heavy atom. The maximum absolute atomic E-state index is 12.4. The predicted molar refractivity (Wildman–Crippen MR) is 88.4 cm³/mol. The highest BCUT2D eigenvalue weighted by Crippen LogP contribution is 2.31. The van der Waals surface area contributed by atoms with Crippen LogP contribution in [0.15, 0.2) is 16.5 Å².